The van der Waals surface area contributed by atoms with Gasteiger partial charge in [-0.05, 0) is 39.3 Å². The average molecular weight is 348 g/mol. The average Bonchev–Trinajstić information content (AvgIpc) is 2.47. The van der Waals surface area contributed by atoms with Crippen molar-refractivity contribution < 1.29 is 34.5 Å². The zero-order chi connectivity index (χ0) is 19.1. The van der Waals surface area contributed by atoms with Crippen LogP contribution in [0.15, 0.2) is 0 Å². The van der Waals surface area contributed by atoms with Crippen LogP contribution in [0, 0.1) is 5.92 Å². The van der Waals surface area contributed by atoms with Gasteiger partial charge in [-0.25, -0.2) is 4.79 Å². The highest BCUT2D eigenvalue weighted by Crippen LogP contribution is 2.04. The second-order valence-corrected chi connectivity index (χ2v) is 5.36. The Kier molecular flexibility index (Phi) is 14.5. The highest BCUT2D eigenvalue weighted by Gasteiger charge is 2.17. The van der Waals surface area contributed by atoms with Crippen molar-refractivity contribution in [2.75, 3.05) is 13.6 Å². The summed E-state index contributed by atoms with van der Waals surface area (Å²) in [7, 11) is 1.85. The molecule has 5 N–H and O–H groups in total. The van der Waals surface area contributed by atoms with Gasteiger partial charge >= 0.3 is 17.9 Å². The molecule has 0 aliphatic heterocycles. The van der Waals surface area contributed by atoms with E-state index in [-0.39, 0.29) is 18.7 Å². The number of amides is 1. The number of unbranched alkanes of at least 4 members (excludes halogenated alkanes) is 1. The molecular formula is C15H28N2O7. The van der Waals surface area contributed by atoms with Gasteiger partial charge < -0.3 is 26.0 Å². The molecule has 0 bridgehead atoms. The molecule has 0 saturated carbocycles. The molecule has 0 aromatic carbocycles. The molecule has 24 heavy (non-hydrogen) atoms. The summed E-state index contributed by atoms with van der Waals surface area (Å²) in [4.78, 5) is 41.4. The van der Waals surface area contributed by atoms with Gasteiger partial charge in [0.15, 0.2) is 0 Å². The first-order valence-corrected chi connectivity index (χ1v) is 7.70. The summed E-state index contributed by atoms with van der Waals surface area (Å²) in [5, 5.41) is 30.6. The fourth-order valence-electron chi connectivity index (χ4n) is 1.62. The summed E-state index contributed by atoms with van der Waals surface area (Å²) in [6, 6.07) is -0.746. The molecule has 0 rings (SSSR count). The van der Waals surface area contributed by atoms with Gasteiger partial charge in [-0.15, -0.1) is 0 Å². The molecule has 0 heterocycles. The Balaban J connectivity index is 0. The van der Waals surface area contributed by atoms with Crippen molar-refractivity contribution in [2.45, 2.75) is 52.0 Å². The van der Waals surface area contributed by atoms with E-state index in [0.717, 1.165) is 19.4 Å². The van der Waals surface area contributed by atoms with E-state index in [9.17, 15) is 19.2 Å². The largest absolute Gasteiger partial charge is 0.481 e. The Bertz CT molecular complexity index is 413. The molecule has 0 unspecified atom stereocenters. The predicted molar refractivity (Wildman–Crippen MR) is 86.7 cm³/mol. The van der Waals surface area contributed by atoms with E-state index in [1.807, 2.05) is 7.05 Å². The summed E-state index contributed by atoms with van der Waals surface area (Å²) < 4.78 is 0. The van der Waals surface area contributed by atoms with Crippen molar-refractivity contribution in [3.05, 3.63) is 0 Å². The summed E-state index contributed by atoms with van der Waals surface area (Å²) in [6.45, 7) is 3.68. The third kappa shape index (κ3) is 16.2. The summed E-state index contributed by atoms with van der Waals surface area (Å²) in [6.07, 6.45) is 2.31. The number of aliphatic carboxylic acids is 3. The molecule has 1 amide bonds. The van der Waals surface area contributed by atoms with E-state index in [1.165, 1.54) is 13.8 Å². The monoisotopic (exact) mass is 348 g/mol. The van der Waals surface area contributed by atoms with Crippen molar-refractivity contribution in [1.29, 1.82) is 0 Å². The second kappa shape index (κ2) is 14.4. The third-order valence-corrected chi connectivity index (χ3v) is 3.06. The van der Waals surface area contributed by atoms with E-state index >= 15 is 0 Å². The zero-order valence-electron chi connectivity index (χ0n) is 14.4. The number of hydrogen-bond acceptors (Lipinski definition) is 5. The van der Waals surface area contributed by atoms with Gasteiger partial charge in [-0.1, -0.05) is 6.92 Å². The van der Waals surface area contributed by atoms with Crippen LogP contribution in [0.5, 0.6) is 0 Å². The molecule has 0 fully saturated rings. The van der Waals surface area contributed by atoms with Crippen LogP contribution in [-0.2, 0) is 19.2 Å². The van der Waals surface area contributed by atoms with Gasteiger partial charge in [-0.2, -0.15) is 0 Å². The first-order valence-electron chi connectivity index (χ1n) is 7.70. The molecule has 9 heteroatoms. The number of hydrogen-bond donors (Lipinski definition) is 5. The van der Waals surface area contributed by atoms with Gasteiger partial charge in [0.1, 0.15) is 6.04 Å². The van der Waals surface area contributed by atoms with Gasteiger partial charge in [0.25, 0.3) is 0 Å². The summed E-state index contributed by atoms with van der Waals surface area (Å²) >= 11 is 0. The predicted octanol–water partition coefficient (Wildman–Crippen LogP) is 0.537. The smallest absolute Gasteiger partial charge is 0.326 e. The third-order valence-electron chi connectivity index (χ3n) is 3.06. The van der Waals surface area contributed by atoms with Gasteiger partial charge in [0, 0.05) is 13.3 Å². The lowest BCUT2D eigenvalue weighted by molar-refractivity contribution is -0.143. The lowest BCUT2D eigenvalue weighted by Crippen LogP contribution is -2.39. The Hall–Kier alpha value is -2.16. The molecular weight excluding hydrogens is 320 g/mol. The first kappa shape index (κ1) is 24.1. The summed E-state index contributed by atoms with van der Waals surface area (Å²) in [5.41, 5.74) is 0. The standard InChI is InChI=1S/C9H18N2O3.C6H10O4/c1-7(12)11-8(9(13)14)5-3-4-6-10-2;1-4(6(9)10)2-3-5(7)8/h8,10H,3-6H2,1-2H3,(H,11,12)(H,13,14);4H,2-3H2,1H3,(H,7,8)(H,9,10)/t8-;4-/m00/s1. The van der Waals surface area contributed by atoms with Crippen LogP contribution in [-0.4, -0.2) is 58.8 Å². The van der Waals surface area contributed by atoms with Crippen LogP contribution in [0.3, 0.4) is 0 Å². The fourth-order valence-corrected chi connectivity index (χ4v) is 1.62. The van der Waals surface area contributed by atoms with Crippen molar-refractivity contribution >= 4 is 23.8 Å². The van der Waals surface area contributed by atoms with Crippen LogP contribution >= 0.6 is 0 Å². The van der Waals surface area contributed by atoms with E-state index in [0.29, 0.717) is 6.42 Å². The normalized spacial score (nSPS) is 12.3. The Morgan fingerprint density at radius 1 is 0.958 bits per heavy atom. The molecule has 0 radical (unpaired) electrons. The summed E-state index contributed by atoms with van der Waals surface area (Å²) in [5.74, 6) is -3.72. The number of carboxylic acids is 3. The Morgan fingerprint density at radius 3 is 1.92 bits per heavy atom. The molecule has 9 nitrogen and oxygen atoms in total. The maximum absolute atomic E-state index is 10.7. The molecule has 140 valence electrons. The minimum atomic E-state index is -0.968. The van der Waals surface area contributed by atoms with Crippen molar-refractivity contribution in [3.63, 3.8) is 0 Å². The Morgan fingerprint density at radius 2 is 1.54 bits per heavy atom. The quantitative estimate of drug-likeness (QED) is 0.339. The van der Waals surface area contributed by atoms with Crippen molar-refractivity contribution in [1.82, 2.24) is 10.6 Å². The Labute approximate surface area is 141 Å². The van der Waals surface area contributed by atoms with Crippen LogP contribution in [0.4, 0.5) is 0 Å². The highest BCUT2D eigenvalue weighted by molar-refractivity contribution is 5.81. The van der Waals surface area contributed by atoms with Crippen LogP contribution in [0.25, 0.3) is 0 Å². The van der Waals surface area contributed by atoms with E-state index in [4.69, 9.17) is 15.3 Å². The van der Waals surface area contributed by atoms with Crippen LogP contribution in [0.2, 0.25) is 0 Å². The highest BCUT2D eigenvalue weighted by atomic mass is 16.4. The van der Waals surface area contributed by atoms with Crippen molar-refractivity contribution in [3.8, 4) is 0 Å². The molecule has 0 aliphatic carbocycles. The lowest BCUT2D eigenvalue weighted by atomic mass is 10.1. The van der Waals surface area contributed by atoms with Gasteiger partial charge in [0.05, 0.1) is 5.92 Å². The molecule has 0 saturated heterocycles. The lowest BCUT2D eigenvalue weighted by Gasteiger charge is -2.12. The minimum Gasteiger partial charge on any atom is -0.481 e. The molecule has 0 aromatic rings. The maximum Gasteiger partial charge on any atom is 0.326 e. The SMILES string of the molecule is CNCCCC[C@H](NC(C)=O)C(=O)O.C[C@@H](CCC(=O)O)C(=O)O. The maximum atomic E-state index is 10.7. The van der Waals surface area contributed by atoms with E-state index in [1.54, 1.807) is 0 Å². The first-order chi connectivity index (χ1) is 11.1. The number of carbonyl (C=O) groups excluding carboxylic acids is 1. The zero-order valence-corrected chi connectivity index (χ0v) is 14.4. The second-order valence-electron chi connectivity index (χ2n) is 5.36. The van der Waals surface area contributed by atoms with E-state index < -0.39 is 29.9 Å². The number of rotatable bonds is 11. The minimum absolute atomic E-state index is 0.0759. The fraction of sp³-hybridized carbons (Fsp3) is 0.733. The van der Waals surface area contributed by atoms with Crippen molar-refractivity contribution in [2.24, 2.45) is 5.92 Å². The number of nitrogens with one attached hydrogen (secondary N) is 2. The molecule has 0 aliphatic rings. The van der Waals surface area contributed by atoms with E-state index in [2.05, 4.69) is 10.6 Å². The number of carboxylic acid groups (broad SMARTS) is 3. The topological polar surface area (TPSA) is 153 Å². The molecule has 2 atom stereocenters. The van der Waals surface area contributed by atoms with Gasteiger partial charge in [-0.3, -0.25) is 14.4 Å². The van der Waals surface area contributed by atoms with Crippen LogP contribution < -0.4 is 10.6 Å². The van der Waals surface area contributed by atoms with Crippen LogP contribution in [0.1, 0.15) is 46.0 Å². The van der Waals surface area contributed by atoms with Gasteiger partial charge in [0.2, 0.25) is 5.91 Å². The molecule has 0 aromatic heterocycles. The molecule has 0 spiro atoms. The number of carbonyl (C=O) groups is 4.